The standard InChI is InChI=1S/C31H39N3O5S/c1-6-27(31(36)32-7-2)33(20-19-25-11-9-8-10-12-25)30(35)22-34(28-21-24(4)15-18-29(28)39-5)40(37,38)26-16-13-23(3)14-17-26/h8-18,21,27H,6-7,19-20,22H2,1-5H3,(H,32,36)/t27-/m0/s1. The highest BCUT2D eigenvalue weighted by Crippen LogP contribution is 2.33. The van der Waals surface area contributed by atoms with E-state index in [1.807, 2.05) is 64.1 Å². The average Bonchev–Trinajstić information content (AvgIpc) is 2.94. The first-order valence-corrected chi connectivity index (χ1v) is 14.9. The van der Waals surface area contributed by atoms with Crippen LogP contribution in [0.15, 0.2) is 77.7 Å². The molecule has 1 N–H and O–H groups in total. The number of rotatable bonds is 13. The van der Waals surface area contributed by atoms with E-state index < -0.39 is 28.5 Å². The van der Waals surface area contributed by atoms with Crippen LogP contribution in [0.3, 0.4) is 0 Å². The van der Waals surface area contributed by atoms with Gasteiger partial charge in [0.25, 0.3) is 10.0 Å². The summed E-state index contributed by atoms with van der Waals surface area (Å²) in [5.74, 6) is -0.429. The van der Waals surface area contributed by atoms with Gasteiger partial charge >= 0.3 is 0 Å². The first-order valence-electron chi connectivity index (χ1n) is 13.5. The van der Waals surface area contributed by atoms with Crippen molar-refractivity contribution < 1.29 is 22.7 Å². The Kier molecular flexibility index (Phi) is 10.7. The van der Waals surface area contributed by atoms with Crippen LogP contribution in [0.5, 0.6) is 5.75 Å². The quantitative estimate of drug-likeness (QED) is 0.329. The third-order valence-electron chi connectivity index (χ3n) is 6.71. The van der Waals surface area contributed by atoms with Crippen molar-refractivity contribution >= 4 is 27.5 Å². The van der Waals surface area contributed by atoms with Gasteiger partial charge in [0.2, 0.25) is 11.8 Å². The summed E-state index contributed by atoms with van der Waals surface area (Å²) in [5, 5.41) is 2.82. The Morgan fingerprint density at radius 1 is 0.925 bits per heavy atom. The van der Waals surface area contributed by atoms with Gasteiger partial charge < -0.3 is 15.0 Å². The number of hydrogen-bond donors (Lipinski definition) is 1. The zero-order valence-electron chi connectivity index (χ0n) is 23.9. The fourth-order valence-electron chi connectivity index (χ4n) is 4.53. The van der Waals surface area contributed by atoms with Gasteiger partial charge in [-0.1, -0.05) is 61.0 Å². The largest absolute Gasteiger partial charge is 0.495 e. The zero-order valence-corrected chi connectivity index (χ0v) is 24.7. The number of nitrogens with one attached hydrogen (secondary N) is 1. The molecule has 0 saturated heterocycles. The van der Waals surface area contributed by atoms with E-state index in [0.29, 0.717) is 25.1 Å². The third-order valence-corrected chi connectivity index (χ3v) is 8.49. The molecule has 0 bridgehead atoms. The molecular weight excluding hydrogens is 526 g/mol. The van der Waals surface area contributed by atoms with Crippen LogP contribution in [0, 0.1) is 13.8 Å². The number of ether oxygens (including phenoxy) is 1. The second-order valence-corrected chi connectivity index (χ2v) is 11.5. The highest BCUT2D eigenvalue weighted by molar-refractivity contribution is 7.92. The molecule has 0 radical (unpaired) electrons. The molecule has 2 amide bonds. The lowest BCUT2D eigenvalue weighted by Gasteiger charge is -2.33. The number of hydrogen-bond acceptors (Lipinski definition) is 5. The van der Waals surface area contributed by atoms with E-state index in [9.17, 15) is 18.0 Å². The van der Waals surface area contributed by atoms with E-state index >= 15 is 0 Å². The second kappa shape index (κ2) is 14.0. The maximum absolute atomic E-state index is 14.1. The van der Waals surface area contributed by atoms with E-state index in [4.69, 9.17) is 4.74 Å². The van der Waals surface area contributed by atoms with Crippen molar-refractivity contribution in [3.8, 4) is 5.75 Å². The zero-order chi connectivity index (χ0) is 29.3. The van der Waals surface area contributed by atoms with Crippen molar-refractivity contribution in [3.05, 3.63) is 89.5 Å². The van der Waals surface area contributed by atoms with Gasteiger partial charge in [0.15, 0.2) is 0 Å². The maximum atomic E-state index is 14.1. The molecule has 0 saturated carbocycles. The summed E-state index contributed by atoms with van der Waals surface area (Å²) in [6.45, 7) is 7.55. The first kappa shape index (κ1) is 30.7. The Hall–Kier alpha value is -3.85. The predicted octanol–water partition coefficient (Wildman–Crippen LogP) is 4.49. The molecule has 3 rings (SSSR count). The number of methoxy groups -OCH3 is 1. The van der Waals surface area contributed by atoms with Gasteiger partial charge in [0.1, 0.15) is 18.3 Å². The fourth-order valence-corrected chi connectivity index (χ4v) is 5.95. The number of anilines is 1. The topological polar surface area (TPSA) is 96.0 Å². The number of carbonyl (C=O) groups is 2. The lowest BCUT2D eigenvalue weighted by atomic mass is 10.1. The maximum Gasteiger partial charge on any atom is 0.264 e. The second-order valence-electron chi connectivity index (χ2n) is 9.64. The molecule has 40 heavy (non-hydrogen) atoms. The number of sulfonamides is 1. The van der Waals surface area contributed by atoms with E-state index in [1.165, 1.54) is 24.1 Å². The Morgan fingerprint density at radius 3 is 2.17 bits per heavy atom. The molecule has 0 unspecified atom stereocenters. The molecule has 8 nitrogen and oxygen atoms in total. The van der Waals surface area contributed by atoms with Crippen LogP contribution in [0.1, 0.15) is 37.0 Å². The molecule has 0 heterocycles. The minimum absolute atomic E-state index is 0.0565. The van der Waals surface area contributed by atoms with E-state index in [0.717, 1.165) is 21.0 Å². The average molecular weight is 566 g/mol. The number of aryl methyl sites for hydroxylation is 2. The summed E-state index contributed by atoms with van der Waals surface area (Å²) < 4.78 is 34.7. The van der Waals surface area contributed by atoms with Crippen molar-refractivity contribution in [1.82, 2.24) is 10.2 Å². The van der Waals surface area contributed by atoms with Crippen LogP contribution in [0.2, 0.25) is 0 Å². The molecule has 0 spiro atoms. The molecule has 1 atom stereocenters. The minimum atomic E-state index is -4.17. The normalized spacial score (nSPS) is 11.9. The Labute approximate surface area is 238 Å². The number of amides is 2. The first-order chi connectivity index (χ1) is 19.1. The van der Waals surface area contributed by atoms with Crippen molar-refractivity contribution in [3.63, 3.8) is 0 Å². The van der Waals surface area contributed by atoms with Gasteiger partial charge in [-0.05, 0) is 69.0 Å². The van der Waals surface area contributed by atoms with Gasteiger partial charge in [0, 0.05) is 13.1 Å². The molecule has 0 aliphatic rings. The number of likely N-dealkylation sites (N-methyl/N-ethyl adjacent to an activating group) is 1. The molecule has 0 aromatic heterocycles. The highest BCUT2D eigenvalue weighted by atomic mass is 32.2. The highest BCUT2D eigenvalue weighted by Gasteiger charge is 2.34. The van der Waals surface area contributed by atoms with Crippen LogP contribution in [0.25, 0.3) is 0 Å². The minimum Gasteiger partial charge on any atom is -0.495 e. The van der Waals surface area contributed by atoms with Gasteiger partial charge in [0.05, 0.1) is 17.7 Å². The van der Waals surface area contributed by atoms with Crippen molar-refractivity contribution in [2.75, 3.05) is 31.0 Å². The summed E-state index contributed by atoms with van der Waals surface area (Å²) in [7, 11) is -2.71. The molecule has 0 aliphatic heterocycles. The fraction of sp³-hybridized carbons (Fsp3) is 0.355. The summed E-state index contributed by atoms with van der Waals surface area (Å²) in [6, 6.07) is 20.6. The van der Waals surface area contributed by atoms with Gasteiger partial charge in [-0.2, -0.15) is 0 Å². The molecule has 3 aromatic carbocycles. The van der Waals surface area contributed by atoms with Gasteiger partial charge in [-0.15, -0.1) is 0 Å². The molecule has 214 valence electrons. The monoisotopic (exact) mass is 565 g/mol. The molecule has 9 heteroatoms. The Balaban J connectivity index is 2.07. The van der Waals surface area contributed by atoms with Crippen LogP contribution in [0.4, 0.5) is 5.69 Å². The van der Waals surface area contributed by atoms with Crippen molar-refractivity contribution in [1.29, 1.82) is 0 Å². The predicted molar refractivity (Wildman–Crippen MR) is 158 cm³/mol. The van der Waals surface area contributed by atoms with Crippen molar-refractivity contribution in [2.24, 2.45) is 0 Å². The number of nitrogens with zero attached hydrogens (tertiary/aromatic N) is 2. The van der Waals surface area contributed by atoms with Crippen LogP contribution >= 0.6 is 0 Å². The summed E-state index contributed by atoms with van der Waals surface area (Å²) in [6.07, 6.45) is 0.895. The third kappa shape index (κ3) is 7.41. The number of benzene rings is 3. The Bertz CT molecular complexity index is 1390. The SMILES string of the molecule is CCNC(=O)[C@H](CC)N(CCc1ccccc1)C(=O)CN(c1cc(C)ccc1OC)S(=O)(=O)c1ccc(C)cc1. The van der Waals surface area contributed by atoms with E-state index in [1.54, 1.807) is 24.3 Å². The number of carbonyl (C=O) groups excluding carboxylic acids is 2. The Morgan fingerprint density at radius 2 is 1.57 bits per heavy atom. The summed E-state index contributed by atoms with van der Waals surface area (Å²) >= 11 is 0. The van der Waals surface area contributed by atoms with Crippen LogP contribution in [-0.4, -0.2) is 57.9 Å². The van der Waals surface area contributed by atoms with Crippen molar-refractivity contribution in [2.45, 2.75) is 51.5 Å². The van der Waals surface area contributed by atoms with E-state index in [2.05, 4.69) is 5.32 Å². The molecular formula is C31H39N3O5S. The van der Waals surface area contributed by atoms with Crippen LogP contribution in [-0.2, 0) is 26.0 Å². The lowest BCUT2D eigenvalue weighted by Crippen LogP contribution is -2.53. The summed E-state index contributed by atoms with van der Waals surface area (Å²) in [4.78, 5) is 28.7. The lowest BCUT2D eigenvalue weighted by molar-refractivity contribution is -0.139. The molecule has 0 aliphatic carbocycles. The van der Waals surface area contributed by atoms with Crippen LogP contribution < -0.4 is 14.4 Å². The smallest absolute Gasteiger partial charge is 0.264 e. The molecule has 0 fully saturated rings. The van der Waals surface area contributed by atoms with E-state index in [-0.39, 0.29) is 23.0 Å². The summed E-state index contributed by atoms with van der Waals surface area (Å²) in [5.41, 5.74) is 2.98. The van der Waals surface area contributed by atoms with Gasteiger partial charge in [-0.3, -0.25) is 13.9 Å². The molecule has 3 aromatic rings. The van der Waals surface area contributed by atoms with Gasteiger partial charge in [-0.25, -0.2) is 8.42 Å².